The molecule has 0 spiro atoms. The lowest BCUT2D eigenvalue weighted by Gasteiger charge is -2.06. The van der Waals surface area contributed by atoms with E-state index in [1.54, 1.807) is 18.6 Å². The maximum atomic E-state index is 13.2. The molecule has 0 bridgehead atoms. The Labute approximate surface area is 91.2 Å². The fourth-order valence-electron chi connectivity index (χ4n) is 1.24. The van der Waals surface area contributed by atoms with E-state index in [9.17, 15) is 8.78 Å². The molecule has 0 aliphatic carbocycles. The second-order valence-electron chi connectivity index (χ2n) is 3.17. The van der Waals surface area contributed by atoms with Crippen LogP contribution in [0.4, 0.5) is 14.5 Å². The molecule has 0 unspecified atom stereocenters. The molecule has 0 atom stereocenters. The van der Waals surface area contributed by atoms with Gasteiger partial charge in [0.05, 0.1) is 24.1 Å². The molecule has 2 rings (SSSR count). The lowest BCUT2D eigenvalue weighted by atomic mass is 10.3. The second-order valence-corrected chi connectivity index (χ2v) is 3.17. The summed E-state index contributed by atoms with van der Waals surface area (Å²) >= 11 is 0. The Kier molecular flexibility index (Phi) is 3.05. The Balaban J connectivity index is 2.08. The average Bonchev–Trinajstić information content (AvgIpc) is 2.32. The van der Waals surface area contributed by atoms with Crippen molar-refractivity contribution in [2.75, 3.05) is 5.32 Å². The van der Waals surface area contributed by atoms with Crippen molar-refractivity contribution in [3.05, 3.63) is 54.1 Å². The zero-order chi connectivity index (χ0) is 11.4. The van der Waals surface area contributed by atoms with Gasteiger partial charge in [-0.1, -0.05) is 0 Å². The highest BCUT2D eigenvalue weighted by Gasteiger charge is 2.03. The molecule has 1 N–H and O–H groups in total. The van der Waals surface area contributed by atoms with Gasteiger partial charge < -0.3 is 5.32 Å². The summed E-state index contributed by atoms with van der Waals surface area (Å²) in [6.07, 6.45) is 4.65. The normalized spacial score (nSPS) is 10.1. The highest BCUT2D eigenvalue weighted by Crippen LogP contribution is 2.15. The predicted octanol–water partition coefficient (Wildman–Crippen LogP) is 2.37. The lowest BCUT2D eigenvalue weighted by molar-refractivity contribution is 0.602. The second kappa shape index (κ2) is 4.65. The van der Waals surface area contributed by atoms with Crippen molar-refractivity contribution in [1.82, 2.24) is 9.97 Å². The molecular weight excluding hydrogens is 212 g/mol. The molecule has 16 heavy (non-hydrogen) atoms. The molecule has 82 valence electrons. The van der Waals surface area contributed by atoms with Crippen LogP contribution >= 0.6 is 0 Å². The van der Waals surface area contributed by atoms with Crippen LogP contribution in [0.15, 0.2) is 36.8 Å². The quantitative estimate of drug-likeness (QED) is 0.864. The van der Waals surface area contributed by atoms with Crippen LogP contribution in [0.25, 0.3) is 0 Å². The van der Waals surface area contributed by atoms with Gasteiger partial charge in [0.1, 0.15) is 11.6 Å². The van der Waals surface area contributed by atoms with Gasteiger partial charge in [-0.2, -0.15) is 0 Å². The highest BCUT2D eigenvalue weighted by molar-refractivity contribution is 5.44. The first kappa shape index (κ1) is 10.5. The van der Waals surface area contributed by atoms with Gasteiger partial charge in [0, 0.05) is 12.4 Å². The average molecular weight is 221 g/mol. The largest absolute Gasteiger partial charge is 0.377 e. The van der Waals surface area contributed by atoms with Gasteiger partial charge in [-0.3, -0.25) is 9.97 Å². The minimum atomic E-state index is -0.495. The maximum absolute atomic E-state index is 13.2. The van der Waals surface area contributed by atoms with Crippen LogP contribution in [0.1, 0.15) is 5.69 Å². The molecule has 0 fully saturated rings. The molecule has 0 aliphatic rings. The summed E-state index contributed by atoms with van der Waals surface area (Å²) in [6.45, 7) is 0.300. The summed E-state index contributed by atoms with van der Waals surface area (Å²) in [5, 5.41) is 2.75. The summed E-state index contributed by atoms with van der Waals surface area (Å²) in [5.41, 5.74) is 0.775. The van der Waals surface area contributed by atoms with Crippen LogP contribution in [0.5, 0.6) is 0 Å². The van der Waals surface area contributed by atoms with Crippen LogP contribution in [0.2, 0.25) is 0 Å². The molecule has 3 nitrogen and oxygen atoms in total. The van der Waals surface area contributed by atoms with Crippen molar-refractivity contribution in [1.29, 1.82) is 0 Å². The van der Waals surface area contributed by atoms with Gasteiger partial charge in [-0.15, -0.1) is 0 Å². The first-order valence-corrected chi connectivity index (χ1v) is 4.69. The van der Waals surface area contributed by atoms with Crippen molar-refractivity contribution in [2.45, 2.75) is 6.54 Å². The van der Waals surface area contributed by atoms with Gasteiger partial charge in [0.15, 0.2) is 0 Å². The van der Waals surface area contributed by atoms with E-state index in [0.717, 1.165) is 18.2 Å². The van der Waals surface area contributed by atoms with Crippen LogP contribution in [-0.2, 0) is 6.54 Å². The highest BCUT2D eigenvalue weighted by atomic mass is 19.1. The molecule has 1 aromatic heterocycles. The third-order valence-electron chi connectivity index (χ3n) is 2.01. The molecule has 1 heterocycles. The fourth-order valence-corrected chi connectivity index (χ4v) is 1.24. The van der Waals surface area contributed by atoms with Crippen molar-refractivity contribution in [3.63, 3.8) is 0 Å². The van der Waals surface area contributed by atoms with Gasteiger partial charge in [-0.25, -0.2) is 8.78 Å². The van der Waals surface area contributed by atoms with Crippen LogP contribution < -0.4 is 5.32 Å². The molecule has 2 aromatic rings. The first-order valence-electron chi connectivity index (χ1n) is 4.69. The Morgan fingerprint density at radius 3 is 2.81 bits per heavy atom. The van der Waals surface area contributed by atoms with Crippen molar-refractivity contribution in [2.24, 2.45) is 0 Å². The summed E-state index contributed by atoms with van der Waals surface area (Å²) in [7, 11) is 0. The van der Waals surface area contributed by atoms with Gasteiger partial charge in [-0.05, 0) is 18.2 Å². The molecule has 0 radical (unpaired) electrons. The minimum Gasteiger partial charge on any atom is -0.377 e. The zero-order valence-corrected chi connectivity index (χ0v) is 8.32. The molecule has 0 saturated carbocycles. The number of hydrogen-bond acceptors (Lipinski definition) is 3. The van der Waals surface area contributed by atoms with Crippen molar-refractivity contribution in [3.8, 4) is 0 Å². The van der Waals surface area contributed by atoms with E-state index in [-0.39, 0.29) is 5.69 Å². The fraction of sp³-hybridized carbons (Fsp3) is 0.0909. The molecule has 0 aliphatic heterocycles. The Hall–Kier alpha value is -2.04. The van der Waals surface area contributed by atoms with Crippen LogP contribution in [0.3, 0.4) is 0 Å². The Morgan fingerprint density at radius 2 is 2.06 bits per heavy atom. The van der Waals surface area contributed by atoms with E-state index in [0.29, 0.717) is 12.2 Å². The number of hydrogen-bond donors (Lipinski definition) is 1. The molecule has 1 aromatic carbocycles. The summed E-state index contributed by atoms with van der Waals surface area (Å²) < 4.78 is 26.0. The van der Waals surface area contributed by atoms with E-state index in [4.69, 9.17) is 0 Å². The number of benzene rings is 1. The van der Waals surface area contributed by atoms with E-state index >= 15 is 0 Å². The van der Waals surface area contributed by atoms with E-state index in [1.807, 2.05) is 0 Å². The number of nitrogens with zero attached hydrogens (tertiary/aromatic N) is 2. The van der Waals surface area contributed by atoms with Crippen LogP contribution in [0, 0.1) is 11.6 Å². The van der Waals surface area contributed by atoms with Crippen molar-refractivity contribution < 1.29 is 8.78 Å². The van der Waals surface area contributed by atoms with Gasteiger partial charge >= 0.3 is 0 Å². The summed E-state index contributed by atoms with van der Waals surface area (Å²) in [5.74, 6) is -0.978. The van der Waals surface area contributed by atoms with Gasteiger partial charge in [0.25, 0.3) is 0 Å². The van der Waals surface area contributed by atoms with Gasteiger partial charge in [0.2, 0.25) is 0 Å². The number of nitrogens with one attached hydrogen (secondary N) is 1. The topological polar surface area (TPSA) is 37.8 Å². The zero-order valence-electron chi connectivity index (χ0n) is 8.32. The SMILES string of the molecule is Fc1ccc(F)c(NCc2cnccn2)c1. The molecular formula is C11H9F2N3. The molecule has 5 heteroatoms. The predicted molar refractivity (Wildman–Crippen MR) is 55.7 cm³/mol. The Bertz CT molecular complexity index is 474. The first-order chi connectivity index (χ1) is 7.75. The lowest BCUT2D eigenvalue weighted by Crippen LogP contribution is -2.03. The number of rotatable bonds is 3. The monoisotopic (exact) mass is 221 g/mol. The maximum Gasteiger partial charge on any atom is 0.146 e. The third kappa shape index (κ3) is 2.50. The van der Waals surface area contributed by atoms with E-state index in [1.165, 1.54) is 0 Å². The summed E-state index contributed by atoms with van der Waals surface area (Å²) in [6, 6.07) is 3.25. The Morgan fingerprint density at radius 1 is 1.19 bits per heavy atom. The standard InChI is InChI=1S/C11H9F2N3/c12-8-1-2-10(13)11(5-8)16-7-9-6-14-3-4-15-9/h1-6,16H,7H2. The third-order valence-corrected chi connectivity index (χ3v) is 2.01. The molecule has 0 saturated heterocycles. The number of aromatic nitrogens is 2. The number of anilines is 1. The van der Waals surface area contributed by atoms with E-state index < -0.39 is 11.6 Å². The van der Waals surface area contributed by atoms with Crippen molar-refractivity contribution >= 4 is 5.69 Å². The summed E-state index contributed by atoms with van der Waals surface area (Å²) in [4.78, 5) is 7.87. The smallest absolute Gasteiger partial charge is 0.146 e. The van der Waals surface area contributed by atoms with Crippen LogP contribution in [-0.4, -0.2) is 9.97 Å². The number of halogens is 2. The van der Waals surface area contributed by atoms with E-state index in [2.05, 4.69) is 15.3 Å². The minimum absolute atomic E-state index is 0.116. The molecule has 0 amide bonds.